The van der Waals surface area contributed by atoms with Gasteiger partial charge in [-0.1, -0.05) is 51.1 Å². The minimum atomic E-state index is -2.21. The molecule has 5 aromatic heterocycles. The zero-order valence-corrected chi connectivity index (χ0v) is 64.1. The minimum Gasteiger partial charge on any atom is -0.477 e. The number of esters is 1. The second kappa shape index (κ2) is 33.8. The van der Waals surface area contributed by atoms with Gasteiger partial charge in [-0.05, 0) is 72.9 Å². The molecule has 0 spiro atoms. The van der Waals surface area contributed by atoms with Gasteiger partial charge in [-0.2, -0.15) is 0 Å². The molecule has 5 aromatic rings. The van der Waals surface area contributed by atoms with Gasteiger partial charge in [0.2, 0.25) is 17.7 Å². The van der Waals surface area contributed by atoms with Gasteiger partial charge in [0.05, 0.1) is 82.4 Å². The molecule has 1 aliphatic carbocycles. The fourth-order valence-electron chi connectivity index (χ4n) is 11.8. The van der Waals surface area contributed by atoms with Gasteiger partial charge < -0.3 is 88.5 Å². The van der Waals surface area contributed by atoms with E-state index in [0.29, 0.717) is 0 Å². The van der Waals surface area contributed by atoms with Crippen LogP contribution in [0, 0.1) is 0 Å². The number of hydrogen-bond donors (Lipinski definition) is 18. The lowest BCUT2D eigenvalue weighted by Gasteiger charge is -2.45. The van der Waals surface area contributed by atoms with Crippen molar-refractivity contribution in [3.63, 3.8) is 0 Å². The van der Waals surface area contributed by atoms with Gasteiger partial charge in [-0.25, -0.2) is 34.5 Å². The van der Waals surface area contributed by atoms with E-state index in [0.717, 1.165) is 57.1 Å². The van der Waals surface area contributed by atoms with E-state index in [1.807, 2.05) is 5.32 Å². The zero-order chi connectivity index (χ0) is 81.2. The van der Waals surface area contributed by atoms with Gasteiger partial charge in [-0.3, -0.25) is 63.6 Å². The van der Waals surface area contributed by atoms with Crippen LogP contribution >= 0.6 is 57.1 Å². The number of aliphatic imine (C=N–C) groups is 1. The van der Waals surface area contributed by atoms with Crippen LogP contribution in [0.3, 0.4) is 0 Å². The molecule has 4 aliphatic heterocycles. The molecule has 5 aliphatic rings. The molecular weight excluding hydrogens is 1550 g/mol. The first-order valence-corrected chi connectivity index (χ1v) is 38.2. The Morgan fingerprint density at radius 3 is 2.05 bits per heavy atom. The zero-order valence-electron chi connectivity index (χ0n) is 60.0. The Balaban J connectivity index is 1.16. The maximum absolute atomic E-state index is 15.2. The average molecular weight is 1620 g/mol. The van der Waals surface area contributed by atoms with Crippen LogP contribution in [0.5, 0.6) is 0 Å². The highest BCUT2D eigenvalue weighted by Crippen LogP contribution is 2.49. The number of rotatable bonds is 10. The smallest absolute Gasteiger partial charge is 0.357 e. The third kappa shape index (κ3) is 18.0. The van der Waals surface area contributed by atoms with Gasteiger partial charge in [0.1, 0.15) is 101 Å². The number of hydrogen-bond acceptors (Lipinski definition) is 31. The summed E-state index contributed by atoms with van der Waals surface area (Å²) < 4.78 is 6.21. The minimum absolute atomic E-state index is 0.0219. The Kier molecular flexibility index (Phi) is 25.2. The lowest BCUT2D eigenvalue weighted by Crippen LogP contribution is -2.58. The number of amides is 10. The SMILES string of the molecule is C=C(NC(=O)C(=C)NC(=O)c1csc([C@H]2CC[C@]34NC(=O)C(=C)NC(=O)C(=C)NC(=O)C(=C)NC(=O)[C@H](C)NC5C=Cc6c([C@H](C)O)cc(nc6C5O)C(=O)O[C@H](C)[C@H](NC(=O)c5csc(n5)[C@H]([C@](C)(O)[C@@H](C)O)NC(=O)[C@H]5CSC(=N5)/C(=C/C)NC(=O)[C@H]([C@@H](C)O)NC(=O)c5csc3n5)c3nc(cs3)[C@H]4N2)n1)C(=O)O. The number of fused-ring (bicyclic) bond motifs is 7. The fourth-order valence-corrected chi connectivity index (χ4v) is 16.7. The van der Waals surface area contributed by atoms with E-state index < -0.39 is 201 Å². The van der Waals surface area contributed by atoms with Gasteiger partial charge in [0, 0.05) is 32.8 Å². The molecule has 9 heterocycles. The Bertz CT molecular complexity index is 4840. The highest BCUT2D eigenvalue weighted by molar-refractivity contribution is 8.14. The van der Waals surface area contributed by atoms with E-state index in [4.69, 9.17) is 14.7 Å². The quantitative estimate of drug-likeness (QED) is 0.0666. The monoisotopic (exact) mass is 1620 g/mol. The van der Waals surface area contributed by atoms with Crippen molar-refractivity contribution < 1.29 is 92.9 Å². The van der Waals surface area contributed by atoms with E-state index in [1.54, 1.807) is 6.92 Å². The van der Waals surface area contributed by atoms with Crippen LogP contribution in [-0.2, 0) is 48.6 Å². The van der Waals surface area contributed by atoms with Crippen molar-refractivity contribution in [2.24, 2.45) is 4.99 Å². The van der Waals surface area contributed by atoms with Crippen molar-refractivity contribution in [1.82, 2.24) is 88.7 Å². The number of aliphatic hydroxyl groups excluding tert-OH is 4. The molecule has 0 aromatic carbocycles. The number of aliphatic hydroxyl groups is 5. The van der Waals surface area contributed by atoms with E-state index in [-0.39, 0.29) is 83.3 Å². The Morgan fingerprint density at radius 2 is 1.38 bits per heavy atom. The number of thiazole rings is 4. The lowest BCUT2D eigenvalue weighted by atomic mass is 9.78. The van der Waals surface area contributed by atoms with Crippen molar-refractivity contribution in [3.8, 4) is 0 Å². The molecule has 2 unspecified atom stereocenters. The van der Waals surface area contributed by atoms with Crippen molar-refractivity contribution in [3.05, 3.63) is 172 Å². The summed E-state index contributed by atoms with van der Waals surface area (Å²) in [6.45, 7) is 27.2. The molecular formula is C69H76N18O19S5. The lowest BCUT2D eigenvalue weighted by molar-refractivity contribution is -0.134. The number of carboxylic acid groups (broad SMARTS) is 1. The number of allylic oxidation sites excluding steroid dienone is 1. The fraction of sp³-hybridized carbons (Fsp3) is 0.362. The van der Waals surface area contributed by atoms with E-state index >= 15 is 9.59 Å². The van der Waals surface area contributed by atoms with Crippen molar-refractivity contribution in [2.45, 2.75) is 151 Å². The number of carbonyl (C=O) groups is 12. The van der Waals surface area contributed by atoms with Crippen molar-refractivity contribution >= 4 is 139 Å². The molecule has 1 fully saturated rings. The highest BCUT2D eigenvalue weighted by atomic mass is 32.2. The molecule has 0 radical (unpaired) electrons. The Labute approximate surface area is 651 Å². The summed E-state index contributed by atoms with van der Waals surface area (Å²) in [5, 5.41) is 103. The molecule has 0 saturated carbocycles. The van der Waals surface area contributed by atoms with Crippen LogP contribution in [-0.4, -0.2) is 185 Å². The molecule has 10 amide bonds. The highest BCUT2D eigenvalue weighted by Gasteiger charge is 2.52. The molecule has 37 nitrogen and oxygen atoms in total. The number of nitrogens with zero attached hydrogens (tertiary/aromatic N) is 6. The standard InChI is InChI=1S/C69H76N18O19S5/c1-13-36-61-80-43(21-107-61)59(100)86-50(68(12,105)33(11)90)64-82-42(22-110-64)57(98)85-46-32(10)106-66(104)39-18-35(30(8)88)34-14-15-37(48(91)47(34)76-39)70-24(2)51(92)71-25(3)52(93)72-26(4)53(94)73-28(6)55(96)87-69(67-83-44(23-111-67)58(99)84-45(31(9)89)60(101)78-36)17-16-38(77-49(69)40-19-109-63(46)79-40)62-81-41(20-108-62)56(97)74-27(5)54(95)75-29(7)65(102)103/h13-15,18-20,22-24,30-33,37-38,43,45-46,48-50,70,77,88-91,105H,3-7,16-17,21H2,1-2,8-12H3,(H,71,92)(H,72,93)(H,73,94)(H,74,97)(H,75,95)(H,78,101)(H,84,99)(H,85,98)(H,86,100)(H,87,96)(H,102,103)/b36-13-/t24-,30-,31+,32+,33+,37?,38+,43+,45-,46-,48?,49+,50+,68+,69+/m0/s1. The van der Waals surface area contributed by atoms with Crippen LogP contribution in [0.25, 0.3) is 6.08 Å². The van der Waals surface area contributed by atoms with Crippen LogP contribution in [0.4, 0.5) is 0 Å². The summed E-state index contributed by atoms with van der Waals surface area (Å²) in [4.78, 5) is 196. The first-order valence-electron chi connectivity index (χ1n) is 33.7. The first kappa shape index (κ1) is 82.7. The summed E-state index contributed by atoms with van der Waals surface area (Å²) in [7, 11) is 0. The first-order chi connectivity index (χ1) is 52.3. The predicted octanol–water partition coefficient (Wildman–Crippen LogP) is 0.439. The summed E-state index contributed by atoms with van der Waals surface area (Å²) in [6, 6.07) is -9.69. The second-order valence-corrected chi connectivity index (χ2v) is 30.8. The normalized spacial score (nSPS) is 26.4. The third-order valence-electron chi connectivity index (χ3n) is 18.2. The number of cyclic esters (lactones) is 1. The predicted molar refractivity (Wildman–Crippen MR) is 402 cm³/mol. The van der Waals surface area contributed by atoms with Crippen molar-refractivity contribution in [2.75, 3.05) is 5.75 Å². The summed E-state index contributed by atoms with van der Waals surface area (Å²) >= 11 is 4.41. The Hall–Kier alpha value is -10.8. The number of ether oxygens (including phenoxy) is 1. The molecule has 586 valence electrons. The van der Waals surface area contributed by atoms with E-state index in [1.165, 1.54) is 87.4 Å². The average Bonchev–Trinajstić information content (AvgIpc) is 1.69. The van der Waals surface area contributed by atoms with E-state index in [9.17, 15) is 78.6 Å². The molecule has 42 heteroatoms. The molecule has 10 rings (SSSR count). The molecule has 13 bridgehead atoms. The molecule has 1 saturated heterocycles. The third-order valence-corrected chi connectivity index (χ3v) is 23.2. The summed E-state index contributed by atoms with van der Waals surface area (Å²) in [6.07, 6.45) is -3.66. The Morgan fingerprint density at radius 1 is 0.730 bits per heavy atom. The van der Waals surface area contributed by atoms with Crippen LogP contribution in [0.15, 0.2) is 112 Å². The maximum Gasteiger partial charge on any atom is 0.357 e. The largest absolute Gasteiger partial charge is 0.477 e. The summed E-state index contributed by atoms with van der Waals surface area (Å²) in [5.41, 5.74) is -8.96. The van der Waals surface area contributed by atoms with Crippen LogP contribution < -0.4 is 63.8 Å². The number of aromatic nitrogens is 5. The maximum atomic E-state index is 15.2. The number of piperidine rings is 1. The van der Waals surface area contributed by atoms with Gasteiger partial charge >= 0.3 is 11.9 Å². The number of aliphatic carboxylic acids is 1. The topological polar surface area (TPSA) is 557 Å². The van der Waals surface area contributed by atoms with Gasteiger partial charge in [0.15, 0.2) is 0 Å². The summed E-state index contributed by atoms with van der Waals surface area (Å²) in [5.74, 6) is -13.1. The van der Waals surface area contributed by atoms with Gasteiger partial charge in [0.25, 0.3) is 41.4 Å². The number of thioether (sulfide) groups is 1. The van der Waals surface area contributed by atoms with Gasteiger partial charge in [-0.15, -0.1) is 57.1 Å². The van der Waals surface area contributed by atoms with E-state index in [2.05, 4.69) is 111 Å². The number of nitrogens with one attached hydrogen (secondary N) is 12. The van der Waals surface area contributed by atoms with Crippen molar-refractivity contribution in [1.29, 1.82) is 0 Å². The van der Waals surface area contributed by atoms with Crippen LogP contribution in [0.2, 0.25) is 0 Å². The number of carboxylic acids is 1. The molecule has 18 N–H and O–H groups in total. The molecule has 15 atom stereocenters. The second-order valence-electron chi connectivity index (χ2n) is 26.2. The number of carbonyl (C=O) groups excluding carboxylic acids is 11. The van der Waals surface area contributed by atoms with Crippen LogP contribution in [0.1, 0.15) is 182 Å². The molecule has 111 heavy (non-hydrogen) atoms. The number of pyridine rings is 1.